The predicted molar refractivity (Wildman–Crippen MR) is 116 cm³/mol. The van der Waals surface area contributed by atoms with Gasteiger partial charge in [-0.05, 0) is 12.8 Å². The van der Waals surface area contributed by atoms with Crippen LogP contribution in [0.4, 0.5) is 0 Å². The normalized spacial score (nSPS) is 14.1. The third kappa shape index (κ3) is 3.71. The molecule has 1 aliphatic rings. The van der Waals surface area contributed by atoms with Crippen molar-refractivity contribution in [2.45, 2.75) is 25.9 Å². The van der Waals surface area contributed by atoms with Gasteiger partial charge in [-0.15, -0.1) is 22.7 Å². The molecule has 1 saturated heterocycles. The molecule has 0 saturated carbocycles. The van der Waals surface area contributed by atoms with E-state index in [-0.39, 0.29) is 5.91 Å². The maximum absolute atomic E-state index is 12.9. The predicted octanol–water partition coefficient (Wildman–Crippen LogP) is 4.05. The van der Waals surface area contributed by atoms with Crippen LogP contribution in [0, 0.1) is 0 Å². The number of nitrogens with zero attached hydrogens (tertiary/aromatic N) is 4. The first kappa shape index (κ1) is 18.5. The van der Waals surface area contributed by atoms with Crippen LogP contribution in [0.5, 0.6) is 0 Å². The summed E-state index contributed by atoms with van der Waals surface area (Å²) in [6, 6.07) is 10.2. The van der Waals surface area contributed by atoms with Crippen molar-refractivity contribution in [3.05, 3.63) is 64.4 Å². The van der Waals surface area contributed by atoms with Gasteiger partial charge in [-0.3, -0.25) is 9.20 Å². The lowest BCUT2D eigenvalue weighted by atomic mass is 10.2. The average Bonchev–Trinajstić information content (AvgIpc) is 3.53. The highest BCUT2D eigenvalue weighted by Crippen LogP contribution is 2.24. The van der Waals surface area contributed by atoms with E-state index in [1.807, 2.05) is 39.1 Å². The highest BCUT2D eigenvalue weighted by atomic mass is 32.1. The van der Waals surface area contributed by atoms with Crippen LogP contribution >= 0.6 is 22.7 Å². The molecular formula is C21H21N5OS2. The van der Waals surface area contributed by atoms with E-state index in [4.69, 9.17) is 4.98 Å². The van der Waals surface area contributed by atoms with Gasteiger partial charge < -0.3 is 10.2 Å². The molecule has 1 aromatic carbocycles. The molecular weight excluding hydrogens is 402 g/mol. The standard InChI is InChI=1S/C21H21N5OS2/c27-20(25-8-4-5-9-25)18-17(26-10-11-28-21(26)24-18)13-22-12-16-14-29-19(23-16)15-6-2-1-3-7-15/h1-3,6-7,10-11,14,22H,4-5,8-9,12-13H2. The Morgan fingerprint density at radius 3 is 2.72 bits per heavy atom. The zero-order chi connectivity index (χ0) is 19.6. The Bertz CT molecular complexity index is 1120. The van der Waals surface area contributed by atoms with Gasteiger partial charge in [-0.1, -0.05) is 30.3 Å². The molecule has 0 spiro atoms. The Kier molecular flexibility index (Phi) is 5.13. The second kappa shape index (κ2) is 8.06. The number of hydrogen-bond donors (Lipinski definition) is 1. The number of imidazole rings is 1. The topological polar surface area (TPSA) is 62.5 Å². The molecule has 3 aromatic heterocycles. The molecule has 8 heteroatoms. The molecule has 0 radical (unpaired) electrons. The zero-order valence-corrected chi connectivity index (χ0v) is 17.5. The Balaban J connectivity index is 1.31. The first-order valence-corrected chi connectivity index (χ1v) is 11.5. The van der Waals surface area contributed by atoms with Crippen molar-refractivity contribution in [3.8, 4) is 10.6 Å². The van der Waals surface area contributed by atoms with E-state index in [0.717, 1.165) is 52.9 Å². The lowest BCUT2D eigenvalue weighted by Gasteiger charge is -2.14. The summed E-state index contributed by atoms with van der Waals surface area (Å²) >= 11 is 3.21. The van der Waals surface area contributed by atoms with Crippen molar-refractivity contribution in [1.29, 1.82) is 0 Å². The van der Waals surface area contributed by atoms with Gasteiger partial charge in [0.05, 0.1) is 11.4 Å². The van der Waals surface area contributed by atoms with Gasteiger partial charge in [0.2, 0.25) is 0 Å². The number of amides is 1. The molecule has 6 nitrogen and oxygen atoms in total. The third-order valence-corrected chi connectivity index (χ3v) is 6.82. The SMILES string of the molecule is O=C(c1nc2sccn2c1CNCc1csc(-c2ccccc2)n1)N1CCCC1. The van der Waals surface area contributed by atoms with Crippen molar-refractivity contribution < 1.29 is 4.79 Å². The number of benzene rings is 1. The molecule has 4 aromatic rings. The summed E-state index contributed by atoms with van der Waals surface area (Å²) in [7, 11) is 0. The number of carbonyl (C=O) groups is 1. The fourth-order valence-electron chi connectivity index (χ4n) is 3.65. The fraction of sp³-hybridized carbons (Fsp3) is 0.286. The van der Waals surface area contributed by atoms with E-state index in [1.165, 1.54) is 0 Å². The first-order chi connectivity index (χ1) is 14.3. The molecule has 5 rings (SSSR count). The summed E-state index contributed by atoms with van der Waals surface area (Å²) < 4.78 is 2.03. The molecule has 1 aliphatic heterocycles. The Morgan fingerprint density at radius 1 is 1.07 bits per heavy atom. The van der Waals surface area contributed by atoms with E-state index >= 15 is 0 Å². The number of likely N-dealkylation sites (tertiary alicyclic amines) is 1. The second-order valence-electron chi connectivity index (χ2n) is 7.08. The molecule has 1 N–H and O–H groups in total. The molecule has 0 atom stereocenters. The van der Waals surface area contributed by atoms with Crippen LogP contribution in [0.2, 0.25) is 0 Å². The Morgan fingerprint density at radius 2 is 1.90 bits per heavy atom. The molecule has 1 fully saturated rings. The lowest BCUT2D eigenvalue weighted by molar-refractivity contribution is 0.0786. The van der Waals surface area contributed by atoms with Crippen LogP contribution in [0.25, 0.3) is 15.5 Å². The van der Waals surface area contributed by atoms with Crippen LogP contribution in [0.3, 0.4) is 0 Å². The van der Waals surface area contributed by atoms with Crippen LogP contribution in [-0.4, -0.2) is 38.3 Å². The highest BCUT2D eigenvalue weighted by molar-refractivity contribution is 7.15. The third-order valence-electron chi connectivity index (χ3n) is 5.13. The summed E-state index contributed by atoms with van der Waals surface area (Å²) in [4.78, 5) is 25.1. The average molecular weight is 424 g/mol. The quantitative estimate of drug-likeness (QED) is 0.508. The zero-order valence-electron chi connectivity index (χ0n) is 15.9. The number of thiazole rings is 2. The van der Waals surface area contributed by atoms with Crippen LogP contribution < -0.4 is 5.32 Å². The lowest BCUT2D eigenvalue weighted by Crippen LogP contribution is -2.29. The van der Waals surface area contributed by atoms with E-state index in [9.17, 15) is 4.79 Å². The van der Waals surface area contributed by atoms with E-state index in [2.05, 4.69) is 27.8 Å². The van der Waals surface area contributed by atoms with Crippen molar-refractivity contribution in [3.63, 3.8) is 0 Å². The van der Waals surface area contributed by atoms with E-state index in [0.29, 0.717) is 18.8 Å². The number of aromatic nitrogens is 3. The van der Waals surface area contributed by atoms with Gasteiger partial charge in [0.15, 0.2) is 10.7 Å². The molecule has 1 amide bonds. The van der Waals surface area contributed by atoms with Gasteiger partial charge in [0.1, 0.15) is 5.01 Å². The molecule has 29 heavy (non-hydrogen) atoms. The number of hydrogen-bond acceptors (Lipinski definition) is 6. The monoisotopic (exact) mass is 423 g/mol. The maximum atomic E-state index is 12.9. The minimum Gasteiger partial charge on any atom is -0.337 e. The summed E-state index contributed by atoms with van der Waals surface area (Å²) in [5.41, 5.74) is 3.65. The number of nitrogens with one attached hydrogen (secondary N) is 1. The van der Waals surface area contributed by atoms with Crippen molar-refractivity contribution in [2.24, 2.45) is 0 Å². The first-order valence-electron chi connectivity index (χ1n) is 9.74. The summed E-state index contributed by atoms with van der Waals surface area (Å²) in [5.74, 6) is 0.0511. The second-order valence-corrected chi connectivity index (χ2v) is 8.81. The fourth-order valence-corrected chi connectivity index (χ4v) is 5.21. The van der Waals surface area contributed by atoms with E-state index < -0.39 is 0 Å². The minimum atomic E-state index is 0.0511. The van der Waals surface area contributed by atoms with Gasteiger partial charge in [0, 0.05) is 48.7 Å². The molecule has 0 bridgehead atoms. The minimum absolute atomic E-state index is 0.0511. The van der Waals surface area contributed by atoms with Crippen molar-refractivity contribution in [2.75, 3.05) is 13.1 Å². The summed E-state index contributed by atoms with van der Waals surface area (Å²) in [5, 5.41) is 8.57. The number of fused-ring (bicyclic) bond motifs is 1. The number of rotatable bonds is 6. The van der Waals surface area contributed by atoms with Gasteiger partial charge >= 0.3 is 0 Å². The van der Waals surface area contributed by atoms with Crippen LogP contribution in [-0.2, 0) is 13.1 Å². The molecule has 148 valence electrons. The summed E-state index contributed by atoms with van der Waals surface area (Å²) in [6.45, 7) is 2.89. The Hall–Kier alpha value is -2.55. The van der Waals surface area contributed by atoms with Gasteiger partial charge in [-0.2, -0.15) is 0 Å². The van der Waals surface area contributed by atoms with Crippen LogP contribution in [0.15, 0.2) is 47.3 Å². The summed E-state index contributed by atoms with van der Waals surface area (Å²) in [6.07, 6.45) is 4.14. The van der Waals surface area contributed by atoms with Crippen LogP contribution in [0.1, 0.15) is 34.7 Å². The smallest absolute Gasteiger partial charge is 0.274 e. The molecule has 4 heterocycles. The van der Waals surface area contributed by atoms with E-state index in [1.54, 1.807) is 22.7 Å². The van der Waals surface area contributed by atoms with Crippen molar-refractivity contribution >= 4 is 33.5 Å². The molecule has 0 aliphatic carbocycles. The maximum Gasteiger partial charge on any atom is 0.274 e. The molecule has 0 unspecified atom stereocenters. The van der Waals surface area contributed by atoms with Gasteiger partial charge in [-0.25, -0.2) is 9.97 Å². The van der Waals surface area contributed by atoms with Gasteiger partial charge in [0.25, 0.3) is 5.91 Å². The highest BCUT2D eigenvalue weighted by Gasteiger charge is 2.26. The Labute approximate surface area is 176 Å². The number of carbonyl (C=O) groups excluding carboxylic acids is 1. The van der Waals surface area contributed by atoms with Crippen molar-refractivity contribution in [1.82, 2.24) is 24.6 Å². The largest absolute Gasteiger partial charge is 0.337 e.